The number of nitrogens with zero attached hydrogens (tertiary/aromatic N) is 5. The number of benzene rings is 1. The number of amides is 1. The van der Waals surface area contributed by atoms with Crippen LogP contribution in [0.15, 0.2) is 36.5 Å². The van der Waals surface area contributed by atoms with E-state index < -0.39 is 0 Å². The average Bonchev–Trinajstić information content (AvgIpc) is 3.43. The van der Waals surface area contributed by atoms with Crippen LogP contribution in [0, 0.1) is 13.8 Å². The molecule has 4 heterocycles. The van der Waals surface area contributed by atoms with Crippen LogP contribution in [0.25, 0.3) is 5.69 Å². The SMILES string of the molecule is COc1ccc(-n2ncc3c2C[C@H]2CC[C@H]3N2C(=O)C[C@H](C)n2nc(C)cc2C)cc1. The van der Waals surface area contributed by atoms with E-state index in [-0.39, 0.29) is 24.0 Å². The van der Waals surface area contributed by atoms with Crippen LogP contribution in [0.5, 0.6) is 5.75 Å². The Morgan fingerprint density at radius 2 is 2.00 bits per heavy atom. The Hall–Kier alpha value is -3.09. The number of methoxy groups -OCH3 is 1. The largest absolute Gasteiger partial charge is 0.497 e. The number of ether oxygens (including phenoxy) is 1. The fourth-order valence-electron chi connectivity index (χ4n) is 5.34. The second-order valence-electron chi connectivity index (χ2n) is 8.83. The predicted molar refractivity (Wildman–Crippen MR) is 117 cm³/mol. The minimum Gasteiger partial charge on any atom is -0.497 e. The molecule has 0 aliphatic carbocycles. The van der Waals surface area contributed by atoms with Gasteiger partial charge in [-0.05, 0) is 63.9 Å². The van der Waals surface area contributed by atoms with Gasteiger partial charge in [-0.1, -0.05) is 0 Å². The molecular formula is C24H29N5O2. The van der Waals surface area contributed by atoms with Gasteiger partial charge >= 0.3 is 0 Å². The highest BCUT2D eigenvalue weighted by atomic mass is 16.5. The summed E-state index contributed by atoms with van der Waals surface area (Å²) in [7, 11) is 1.67. The second-order valence-corrected chi connectivity index (χ2v) is 8.83. The van der Waals surface area contributed by atoms with Crippen LogP contribution in [0.2, 0.25) is 0 Å². The van der Waals surface area contributed by atoms with Crippen LogP contribution in [0.1, 0.15) is 60.9 Å². The molecule has 0 unspecified atom stereocenters. The second kappa shape index (κ2) is 7.55. The smallest absolute Gasteiger partial charge is 0.225 e. The number of aromatic nitrogens is 4. The molecule has 0 radical (unpaired) electrons. The molecule has 2 aromatic heterocycles. The molecule has 0 saturated carbocycles. The summed E-state index contributed by atoms with van der Waals surface area (Å²) in [6.45, 7) is 6.12. The van der Waals surface area contributed by atoms with Gasteiger partial charge in [-0.3, -0.25) is 9.48 Å². The van der Waals surface area contributed by atoms with E-state index in [0.29, 0.717) is 6.42 Å². The minimum atomic E-state index is 0.0454. The summed E-state index contributed by atoms with van der Waals surface area (Å²) in [6.07, 6.45) is 5.32. The lowest BCUT2D eigenvalue weighted by Gasteiger charge is -2.36. The summed E-state index contributed by atoms with van der Waals surface area (Å²) < 4.78 is 9.28. The van der Waals surface area contributed by atoms with Crippen LogP contribution in [0.4, 0.5) is 0 Å². The first kappa shape index (κ1) is 19.8. The van der Waals surface area contributed by atoms with E-state index in [4.69, 9.17) is 4.74 Å². The van der Waals surface area contributed by atoms with Crippen LogP contribution in [0.3, 0.4) is 0 Å². The topological polar surface area (TPSA) is 65.2 Å². The molecular weight excluding hydrogens is 390 g/mol. The first-order valence-corrected chi connectivity index (χ1v) is 11.0. The zero-order chi connectivity index (χ0) is 21.7. The van der Waals surface area contributed by atoms with Crippen molar-refractivity contribution in [2.24, 2.45) is 0 Å². The monoisotopic (exact) mass is 419 g/mol. The van der Waals surface area contributed by atoms with Crippen molar-refractivity contribution in [3.8, 4) is 11.4 Å². The fraction of sp³-hybridized carbons (Fsp3) is 0.458. The van der Waals surface area contributed by atoms with E-state index in [9.17, 15) is 4.79 Å². The summed E-state index contributed by atoms with van der Waals surface area (Å²) in [5.74, 6) is 1.05. The molecule has 2 bridgehead atoms. The Bertz CT molecular complexity index is 1110. The lowest BCUT2D eigenvalue weighted by molar-refractivity contribution is -0.135. The van der Waals surface area contributed by atoms with Crippen molar-refractivity contribution >= 4 is 5.91 Å². The molecule has 1 fully saturated rings. The Morgan fingerprint density at radius 3 is 2.68 bits per heavy atom. The number of aryl methyl sites for hydroxylation is 2. The summed E-state index contributed by atoms with van der Waals surface area (Å²) in [6, 6.07) is 10.4. The van der Waals surface area contributed by atoms with Gasteiger partial charge in [0.15, 0.2) is 0 Å². The highest BCUT2D eigenvalue weighted by Crippen LogP contribution is 2.44. The lowest BCUT2D eigenvalue weighted by Crippen LogP contribution is -2.42. The third-order valence-corrected chi connectivity index (χ3v) is 6.73. The number of hydrogen-bond donors (Lipinski definition) is 0. The van der Waals surface area contributed by atoms with Gasteiger partial charge in [0, 0.05) is 30.1 Å². The molecule has 31 heavy (non-hydrogen) atoms. The quantitative estimate of drug-likeness (QED) is 0.628. The fourth-order valence-corrected chi connectivity index (χ4v) is 5.34. The molecule has 3 atom stereocenters. The Morgan fingerprint density at radius 1 is 1.23 bits per heavy atom. The number of hydrogen-bond acceptors (Lipinski definition) is 4. The van der Waals surface area contributed by atoms with Crippen molar-refractivity contribution in [2.75, 3.05) is 7.11 Å². The summed E-state index contributed by atoms with van der Waals surface area (Å²) in [5, 5.41) is 9.25. The van der Waals surface area contributed by atoms with E-state index in [1.54, 1.807) is 7.11 Å². The Labute approximate surface area is 182 Å². The number of carbonyl (C=O) groups excluding carboxylic acids is 1. The summed E-state index contributed by atoms with van der Waals surface area (Å²) in [4.78, 5) is 15.5. The molecule has 1 aromatic carbocycles. The van der Waals surface area contributed by atoms with E-state index in [1.807, 2.05) is 53.7 Å². The van der Waals surface area contributed by atoms with Gasteiger partial charge in [-0.25, -0.2) is 4.68 Å². The highest BCUT2D eigenvalue weighted by Gasteiger charge is 2.44. The third-order valence-electron chi connectivity index (χ3n) is 6.73. The van der Waals surface area contributed by atoms with Gasteiger partial charge in [-0.2, -0.15) is 10.2 Å². The molecule has 0 spiro atoms. The minimum absolute atomic E-state index is 0.0454. The van der Waals surface area contributed by atoms with E-state index in [0.717, 1.165) is 42.1 Å². The van der Waals surface area contributed by atoms with Crippen LogP contribution < -0.4 is 4.74 Å². The highest BCUT2D eigenvalue weighted by molar-refractivity contribution is 5.78. The van der Waals surface area contributed by atoms with Gasteiger partial charge in [-0.15, -0.1) is 0 Å². The van der Waals surface area contributed by atoms with E-state index in [1.165, 1.54) is 11.3 Å². The van der Waals surface area contributed by atoms with Gasteiger partial charge < -0.3 is 9.64 Å². The molecule has 1 amide bonds. The molecule has 5 rings (SSSR count). The molecule has 2 aliphatic heterocycles. The molecule has 3 aromatic rings. The first-order chi connectivity index (χ1) is 15.0. The Balaban J connectivity index is 1.38. The lowest BCUT2D eigenvalue weighted by atomic mass is 9.99. The predicted octanol–water partition coefficient (Wildman–Crippen LogP) is 3.93. The maximum Gasteiger partial charge on any atom is 0.225 e. The maximum atomic E-state index is 13.4. The van der Waals surface area contributed by atoms with Gasteiger partial charge in [0.25, 0.3) is 0 Å². The van der Waals surface area contributed by atoms with Gasteiger partial charge in [0.2, 0.25) is 5.91 Å². The normalized spacial score (nSPS) is 20.6. The van der Waals surface area contributed by atoms with Crippen molar-refractivity contribution in [3.05, 3.63) is 59.2 Å². The average molecular weight is 420 g/mol. The van der Waals surface area contributed by atoms with Gasteiger partial charge in [0.1, 0.15) is 5.75 Å². The zero-order valence-electron chi connectivity index (χ0n) is 18.6. The van der Waals surface area contributed by atoms with Crippen molar-refractivity contribution in [1.82, 2.24) is 24.5 Å². The van der Waals surface area contributed by atoms with Crippen molar-refractivity contribution in [3.63, 3.8) is 0 Å². The van der Waals surface area contributed by atoms with Crippen LogP contribution in [-0.4, -0.2) is 43.5 Å². The summed E-state index contributed by atoms with van der Waals surface area (Å²) in [5.41, 5.74) is 5.54. The van der Waals surface area contributed by atoms with Crippen molar-refractivity contribution in [2.45, 2.75) is 64.6 Å². The van der Waals surface area contributed by atoms with Gasteiger partial charge in [0.05, 0.1) is 42.5 Å². The molecule has 7 heteroatoms. The molecule has 2 aliphatic rings. The van der Waals surface area contributed by atoms with Crippen molar-refractivity contribution in [1.29, 1.82) is 0 Å². The van der Waals surface area contributed by atoms with Crippen molar-refractivity contribution < 1.29 is 9.53 Å². The van der Waals surface area contributed by atoms with E-state index in [2.05, 4.69) is 28.1 Å². The summed E-state index contributed by atoms with van der Waals surface area (Å²) >= 11 is 0. The molecule has 0 N–H and O–H groups in total. The standard InChI is InChI=1S/C24H29N5O2/c1-15-11-16(2)28(26-15)17(3)12-24(30)27-19-7-10-22(27)21-14-25-29(23(21)13-19)18-5-8-20(31-4)9-6-18/h5-6,8-9,11,14,17,19,22H,7,10,12-13H2,1-4H3/t17-,19+,22+/m0/s1. The third kappa shape index (κ3) is 3.32. The maximum absolute atomic E-state index is 13.4. The molecule has 1 saturated heterocycles. The number of carbonyl (C=O) groups is 1. The zero-order valence-corrected chi connectivity index (χ0v) is 18.6. The Kier molecular flexibility index (Phi) is 4.84. The van der Waals surface area contributed by atoms with Crippen LogP contribution in [-0.2, 0) is 11.2 Å². The van der Waals surface area contributed by atoms with E-state index >= 15 is 0 Å². The first-order valence-electron chi connectivity index (χ1n) is 11.0. The van der Waals surface area contributed by atoms with Crippen LogP contribution >= 0.6 is 0 Å². The molecule has 7 nitrogen and oxygen atoms in total. The number of rotatable bonds is 5. The number of fused-ring (bicyclic) bond motifs is 4. The molecule has 162 valence electrons.